The fourth-order valence-corrected chi connectivity index (χ4v) is 1.34. The van der Waals surface area contributed by atoms with Gasteiger partial charge in [-0.05, 0) is 12.1 Å². The normalized spacial score (nSPS) is 11.9. The van der Waals surface area contributed by atoms with Crippen LogP contribution in [0.15, 0.2) is 18.2 Å². The van der Waals surface area contributed by atoms with E-state index in [1.54, 1.807) is 0 Å². The van der Waals surface area contributed by atoms with E-state index in [9.17, 15) is 18.4 Å². The number of aliphatic carboxylic acids is 1. The molecule has 1 unspecified atom stereocenters. The van der Waals surface area contributed by atoms with Crippen molar-refractivity contribution in [3.8, 4) is 0 Å². The molecule has 0 aliphatic rings. The number of nitrogens with one attached hydrogen (secondary N) is 1. The van der Waals surface area contributed by atoms with Crippen LogP contribution in [0.25, 0.3) is 0 Å². The number of benzene rings is 1. The monoisotopic (exact) mass is 229 g/mol. The van der Waals surface area contributed by atoms with E-state index in [0.717, 1.165) is 18.2 Å². The summed E-state index contributed by atoms with van der Waals surface area (Å²) >= 11 is 0. The van der Waals surface area contributed by atoms with Crippen LogP contribution in [0, 0.1) is 11.6 Å². The lowest BCUT2D eigenvalue weighted by Gasteiger charge is -2.15. The molecule has 1 atom stereocenters. The Labute approximate surface area is 89.9 Å². The molecular weight excluding hydrogens is 220 g/mol. The Morgan fingerprint density at radius 3 is 2.44 bits per heavy atom. The van der Waals surface area contributed by atoms with Crippen LogP contribution in [0.3, 0.4) is 0 Å². The molecule has 0 aliphatic heterocycles. The highest BCUT2D eigenvalue weighted by Gasteiger charge is 2.21. The lowest BCUT2D eigenvalue weighted by molar-refractivity contribution is -0.137. The summed E-state index contributed by atoms with van der Waals surface area (Å²) in [7, 11) is 0. The van der Waals surface area contributed by atoms with Crippen LogP contribution in [0.5, 0.6) is 0 Å². The molecule has 0 aliphatic carbocycles. The standard InChI is InChI=1S/C10H9F2NO3/c11-6-2-1-3-7(12)10(6)8(13-5-14)4-9(15)16/h1-3,5,8H,4H2,(H,13,14)(H,15,16). The molecule has 0 saturated heterocycles. The molecule has 4 nitrogen and oxygen atoms in total. The first-order valence-corrected chi connectivity index (χ1v) is 4.41. The second-order valence-electron chi connectivity index (χ2n) is 3.07. The number of amides is 1. The van der Waals surface area contributed by atoms with Gasteiger partial charge in [0.05, 0.1) is 12.5 Å². The number of carbonyl (C=O) groups is 2. The summed E-state index contributed by atoms with van der Waals surface area (Å²) in [6, 6.07) is 1.95. The zero-order chi connectivity index (χ0) is 12.1. The van der Waals surface area contributed by atoms with Gasteiger partial charge in [0.2, 0.25) is 6.41 Å². The molecule has 1 aromatic carbocycles. The topological polar surface area (TPSA) is 66.4 Å². The van der Waals surface area contributed by atoms with E-state index in [4.69, 9.17) is 5.11 Å². The maximum Gasteiger partial charge on any atom is 0.305 e. The minimum atomic E-state index is -1.26. The number of halogens is 2. The molecule has 0 bridgehead atoms. The first-order chi connectivity index (χ1) is 7.56. The van der Waals surface area contributed by atoms with E-state index in [1.807, 2.05) is 0 Å². The minimum absolute atomic E-state index is 0.208. The van der Waals surface area contributed by atoms with Crippen molar-refractivity contribution in [1.82, 2.24) is 5.32 Å². The Morgan fingerprint density at radius 1 is 1.44 bits per heavy atom. The van der Waals surface area contributed by atoms with Gasteiger partial charge in [0, 0.05) is 5.56 Å². The Bertz CT molecular complexity index is 389. The highest BCUT2D eigenvalue weighted by Crippen LogP contribution is 2.22. The second-order valence-corrected chi connectivity index (χ2v) is 3.07. The predicted octanol–water partition coefficient (Wildman–Crippen LogP) is 1.23. The quantitative estimate of drug-likeness (QED) is 0.746. The van der Waals surface area contributed by atoms with Crippen molar-refractivity contribution in [3.63, 3.8) is 0 Å². The van der Waals surface area contributed by atoms with Crippen molar-refractivity contribution >= 4 is 12.4 Å². The van der Waals surface area contributed by atoms with Crippen molar-refractivity contribution < 1.29 is 23.5 Å². The third-order valence-corrected chi connectivity index (χ3v) is 2.00. The van der Waals surface area contributed by atoms with Gasteiger partial charge in [0.15, 0.2) is 0 Å². The van der Waals surface area contributed by atoms with Gasteiger partial charge in [-0.2, -0.15) is 0 Å². The van der Waals surface area contributed by atoms with E-state index >= 15 is 0 Å². The Hall–Kier alpha value is -1.98. The van der Waals surface area contributed by atoms with Gasteiger partial charge in [-0.1, -0.05) is 6.07 Å². The molecule has 1 aromatic rings. The number of hydrogen-bond donors (Lipinski definition) is 2. The molecule has 6 heteroatoms. The van der Waals surface area contributed by atoms with Crippen LogP contribution in [0.2, 0.25) is 0 Å². The van der Waals surface area contributed by atoms with Crippen LogP contribution in [-0.2, 0) is 9.59 Å². The summed E-state index contributed by atoms with van der Waals surface area (Å²) in [6.07, 6.45) is -0.379. The molecule has 0 radical (unpaired) electrons. The van der Waals surface area contributed by atoms with Crippen LogP contribution < -0.4 is 5.32 Å². The maximum absolute atomic E-state index is 13.3. The number of carboxylic acids is 1. The summed E-state index contributed by atoms with van der Waals surface area (Å²) in [5.74, 6) is -3.04. The summed E-state index contributed by atoms with van der Waals surface area (Å²) in [6.45, 7) is 0. The van der Waals surface area contributed by atoms with Crippen LogP contribution in [0.1, 0.15) is 18.0 Å². The third-order valence-electron chi connectivity index (χ3n) is 2.00. The molecule has 0 heterocycles. The molecule has 2 N–H and O–H groups in total. The first kappa shape index (κ1) is 12.1. The zero-order valence-corrected chi connectivity index (χ0v) is 8.11. The van der Waals surface area contributed by atoms with E-state index in [-0.39, 0.29) is 6.41 Å². The van der Waals surface area contributed by atoms with Crippen molar-refractivity contribution in [2.24, 2.45) is 0 Å². The summed E-state index contributed by atoms with van der Waals surface area (Å²) < 4.78 is 26.6. The molecule has 86 valence electrons. The van der Waals surface area contributed by atoms with Crippen LogP contribution in [-0.4, -0.2) is 17.5 Å². The van der Waals surface area contributed by atoms with Crippen LogP contribution >= 0.6 is 0 Å². The lowest BCUT2D eigenvalue weighted by atomic mass is 10.0. The average molecular weight is 229 g/mol. The molecule has 0 aromatic heterocycles. The zero-order valence-electron chi connectivity index (χ0n) is 8.11. The first-order valence-electron chi connectivity index (χ1n) is 4.41. The fourth-order valence-electron chi connectivity index (χ4n) is 1.34. The molecule has 1 amide bonds. The van der Waals surface area contributed by atoms with E-state index in [0.29, 0.717) is 0 Å². The van der Waals surface area contributed by atoms with E-state index in [1.165, 1.54) is 0 Å². The summed E-state index contributed by atoms with van der Waals surface area (Å²) in [5.41, 5.74) is -0.447. The Morgan fingerprint density at radius 2 is 2.00 bits per heavy atom. The SMILES string of the molecule is O=CNC(CC(=O)O)c1c(F)cccc1F. The minimum Gasteiger partial charge on any atom is -0.481 e. The van der Waals surface area contributed by atoms with Gasteiger partial charge in [0.25, 0.3) is 0 Å². The lowest BCUT2D eigenvalue weighted by Crippen LogP contribution is -2.24. The molecule has 0 spiro atoms. The van der Waals surface area contributed by atoms with Gasteiger partial charge >= 0.3 is 5.97 Å². The van der Waals surface area contributed by atoms with Gasteiger partial charge < -0.3 is 10.4 Å². The number of carbonyl (C=O) groups excluding carboxylic acids is 1. The highest BCUT2D eigenvalue weighted by atomic mass is 19.1. The second kappa shape index (κ2) is 5.20. The predicted molar refractivity (Wildman–Crippen MR) is 50.6 cm³/mol. The van der Waals surface area contributed by atoms with Gasteiger partial charge in [-0.3, -0.25) is 9.59 Å². The number of hydrogen-bond acceptors (Lipinski definition) is 2. The molecule has 0 saturated carbocycles. The number of carboxylic acid groups (broad SMARTS) is 1. The maximum atomic E-state index is 13.3. The van der Waals surface area contributed by atoms with Crippen molar-refractivity contribution in [3.05, 3.63) is 35.4 Å². The van der Waals surface area contributed by atoms with Gasteiger partial charge in [-0.25, -0.2) is 8.78 Å². The third kappa shape index (κ3) is 2.75. The van der Waals surface area contributed by atoms with E-state index < -0.39 is 35.6 Å². The van der Waals surface area contributed by atoms with Crippen molar-refractivity contribution in [1.29, 1.82) is 0 Å². The largest absolute Gasteiger partial charge is 0.481 e. The van der Waals surface area contributed by atoms with Crippen molar-refractivity contribution in [2.75, 3.05) is 0 Å². The Balaban J connectivity index is 3.09. The van der Waals surface area contributed by atoms with Crippen molar-refractivity contribution in [2.45, 2.75) is 12.5 Å². The van der Waals surface area contributed by atoms with Gasteiger partial charge in [-0.15, -0.1) is 0 Å². The van der Waals surface area contributed by atoms with Gasteiger partial charge in [0.1, 0.15) is 11.6 Å². The Kier molecular flexibility index (Phi) is 3.93. The highest BCUT2D eigenvalue weighted by molar-refractivity contribution is 5.68. The summed E-state index contributed by atoms with van der Waals surface area (Å²) in [5, 5.41) is 10.6. The fraction of sp³-hybridized carbons (Fsp3) is 0.200. The van der Waals surface area contributed by atoms with E-state index in [2.05, 4.69) is 5.32 Å². The van der Waals surface area contributed by atoms with Crippen LogP contribution in [0.4, 0.5) is 8.78 Å². The number of rotatable bonds is 5. The molecule has 1 rings (SSSR count). The smallest absolute Gasteiger partial charge is 0.305 e. The molecule has 0 fully saturated rings. The summed E-state index contributed by atoms with van der Waals surface area (Å²) in [4.78, 5) is 20.7. The average Bonchev–Trinajstić information content (AvgIpc) is 2.16. The molecule has 16 heavy (non-hydrogen) atoms. The molecular formula is C10H9F2NO3.